The van der Waals surface area contributed by atoms with E-state index in [1.807, 2.05) is 13.8 Å². The Morgan fingerprint density at radius 3 is 2.48 bits per heavy atom. The number of aromatic nitrogens is 4. The third kappa shape index (κ3) is 2.69. The van der Waals surface area contributed by atoms with Crippen LogP contribution in [0.2, 0.25) is 0 Å². The van der Waals surface area contributed by atoms with Crippen molar-refractivity contribution in [3.8, 4) is 0 Å². The molecule has 2 saturated heterocycles. The zero-order valence-corrected chi connectivity index (χ0v) is 13.9. The van der Waals surface area contributed by atoms with E-state index in [1.165, 1.54) is 5.56 Å². The van der Waals surface area contributed by atoms with E-state index in [0.29, 0.717) is 17.7 Å². The van der Waals surface area contributed by atoms with E-state index in [9.17, 15) is 0 Å². The molecule has 0 N–H and O–H groups in total. The van der Waals surface area contributed by atoms with Gasteiger partial charge >= 0.3 is 0 Å². The second-order valence-corrected chi connectivity index (χ2v) is 6.76. The van der Waals surface area contributed by atoms with E-state index in [1.54, 1.807) is 6.33 Å². The molecule has 0 spiro atoms. The summed E-state index contributed by atoms with van der Waals surface area (Å²) in [6.45, 7) is 11.1. The molecular weight excluding hydrogens is 292 g/mol. The first-order valence-electron chi connectivity index (χ1n) is 8.15. The predicted molar refractivity (Wildman–Crippen MR) is 85.0 cm³/mol. The fourth-order valence-corrected chi connectivity index (χ4v) is 3.83. The third-order valence-electron chi connectivity index (χ3n) is 5.10. The molecule has 7 heteroatoms. The first-order chi connectivity index (χ1) is 11.1. The van der Waals surface area contributed by atoms with Gasteiger partial charge in [0, 0.05) is 37.4 Å². The molecule has 0 aliphatic carbocycles. The zero-order chi connectivity index (χ0) is 16.0. The van der Waals surface area contributed by atoms with Gasteiger partial charge in [-0.25, -0.2) is 9.97 Å². The van der Waals surface area contributed by atoms with Gasteiger partial charge in [-0.2, -0.15) is 4.98 Å². The molecule has 2 aromatic rings. The Hall–Kier alpha value is -2.02. The Morgan fingerprint density at radius 2 is 1.83 bits per heavy atom. The molecule has 0 amide bonds. The molecule has 2 aromatic heterocycles. The number of aryl methyl sites for hydroxylation is 2. The second-order valence-electron chi connectivity index (χ2n) is 6.76. The molecule has 4 heterocycles. The van der Waals surface area contributed by atoms with Crippen molar-refractivity contribution in [3.05, 3.63) is 29.3 Å². The fraction of sp³-hybridized carbons (Fsp3) is 0.625. The van der Waals surface area contributed by atoms with Crippen LogP contribution in [0.25, 0.3) is 0 Å². The van der Waals surface area contributed by atoms with Gasteiger partial charge in [-0.15, -0.1) is 0 Å². The van der Waals surface area contributed by atoms with Crippen molar-refractivity contribution in [2.75, 3.05) is 31.1 Å². The van der Waals surface area contributed by atoms with Crippen LogP contribution >= 0.6 is 0 Å². The summed E-state index contributed by atoms with van der Waals surface area (Å²) in [6.07, 6.45) is 1.68. The maximum Gasteiger partial charge on any atom is 0.240 e. The maximum absolute atomic E-state index is 5.24. The van der Waals surface area contributed by atoms with Crippen molar-refractivity contribution in [2.45, 2.75) is 27.3 Å². The van der Waals surface area contributed by atoms with Crippen LogP contribution in [0, 0.1) is 32.6 Å². The molecule has 2 aliphatic heterocycles. The van der Waals surface area contributed by atoms with Crippen molar-refractivity contribution in [1.82, 2.24) is 25.0 Å². The summed E-state index contributed by atoms with van der Waals surface area (Å²) in [4.78, 5) is 17.9. The van der Waals surface area contributed by atoms with Gasteiger partial charge in [-0.05, 0) is 32.6 Å². The molecule has 4 rings (SSSR count). The van der Waals surface area contributed by atoms with Crippen LogP contribution in [0.1, 0.15) is 23.0 Å². The molecule has 0 bridgehead atoms. The maximum atomic E-state index is 5.24. The van der Waals surface area contributed by atoms with Gasteiger partial charge in [0.1, 0.15) is 12.1 Å². The van der Waals surface area contributed by atoms with Crippen LogP contribution in [0.5, 0.6) is 0 Å². The number of rotatable bonds is 3. The molecule has 122 valence electrons. The predicted octanol–water partition coefficient (Wildman–Crippen LogP) is 1.35. The van der Waals surface area contributed by atoms with Crippen molar-refractivity contribution in [1.29, 1.82) is 0 Å². The lowest BCUT2D eigenvalue weighted by molar-refractivity contribution is 0.255. The normalized spacial score (nSPS) is 24.4. The van der Waals surface area contributed by atoms with Gasteiger partial charge in [0.25, 0.3) is 0 Å². The van der Waals surface area contributed by atoms with Crippen LogP contribution in [0.3, 0.4) is 0 Å². The van der Waals surface area contributed by atoms with Gasteiger partial charge in [-0.1, -0.05) is 5.16 Å². The van der Waals surface area contributed by atoms with Gasteiger partial charge in [-0.3, -0.25) is 4.90 Å². The van der Waals surface area contributed by atoms with Crippen LogP contribution in [0.15, 0.2) is 10.9 Å². The van der Waals surface area contributed by atoms with E-state index >= 15 is 0 Å². The standard InChI is InChI=1S/C16H22N6O/c1-10-11(2)17-9-18-16(10)22-6-13-4-21(5-14(13)7-22)8-15-19-12(3)20-23-15/h9,13-14H,4-8H2,1-3H3. The number of likely N-dealkylation sites (tertiary alicyclic amines) is 1. The van der Waals surface area contributed by atoms with Crippen molar-refractivity contribution in [3.63, 3.8) is 0 Å². The number of hydrogen-bond donors (Lipinski definition) is 0. The highest BCUT2D eigenvalue weighted by Crippen LogP contribution is 2.34. The Kier molecular flexibility index (Phi) is 3.52. The van der Waals surface area contributed by atoms with E-state index in [2.05, 4.69) is 36.8 Å². The lowest BCUT2D eigenvalue weighted by Crippen LogP contribution is -2.29. The monoisotopic (exact) mass is 314 g/mol. The van der Waals surface area contributed by atoms with Crippen molar-refractivity contribution < 1.29 is 4.52 Å². The molecule has 2 aliphatic rings. The van der Waals surface area contributed by atoms with Crippen molar-refractivity contribution >= 4 is 5.82 Å². The summed E-state index contributed by atoms with van der Waals surface area (Å²) in [5, 5.41) is 3.87. The molecule has 7 nitrogen and oxygen atoms in total. The average molecular weight is 314 g/mol. The van der Waals surface area contributed by atoms with Gasteiger partial charge in [0.05, 0.1) is 6.54 Å². The second kappa shape index (κ2) is 5.56. The summed E-state index contributed by atoms with van der Waals surface area (Å²) in [7, 11) is 0. The van der Waals surface area contributed by atoms with E-state index in [4.69, 9.17) is 4.52 Å². The van der Waals surface area contributed by atoms with Gasteiger partial charge < -0.3 is 9.42 Å². The van der Waals surface area contributed by atoms with Gasteiger partial charge in [0.15, 0.2) is 5.82 Å². The molecule has 0 aromatic carbocycles. The minimum absolute atomic E-state index is 0.689. The van der Waals surface area contributed by atoms with E-state index in [0.717, 1.165) is 50.1 Å². The summed E-state index contributed by atoms with van der Waals surface area (Å²) in [5.41, 5.74) is 2.27. The Labute approximate surface area is 135 Å². The highest BCUT2D eigenvalue weighted by atomic mass is 16.5. The van der Waals surface area contributed by atoms with E-state index in [-0.39, 0.29) is 0 Å². The van der Waals surface area contributed by atoms with Crippen LogP contribution in [0.4, 0.5) is 5.82 Å². The highest BCUT2D eigenvalue weighted by molar-refractivity contribution is 5.48. The van der Waals surface area contributed by atoms with Gasteiger partial charge in [0.2, 0.25) is 5.89 Å². The zero-order valence-electron chi connectivity index (χ0n) is 13.9. The fourth-order valence-electron chi connectivity index (χ4n) is 3.83. The average Bonchev–Trinajstić information content (AvgIpc) is 3.17. The largest absolute Gasteiger partial charge is 0.356 e. The first kappa shape index (κ1) is 14.6. The molecule has 0 radical (unpaired) electrons. The lowest BCUT2D eigenvalue weighted by Gasteiger charge is -2.23. The molecule has 23 heavy (non-hydrogen) atoms. The Balaban J connectivity index is 1.41. The minimum atomic E-state index is 0.689. The van der Waals surface area contributed by atoms with Crippen LogP contribution in [-0.2, 0) is 6.54 Å². The summed E-state index contributed by atoms with van der Waals surface area (Å²) >= 11 is 0. The highest BCUT2D eigenvalue weighted by Gasteiger charge is 2.41. The van der Waals surface area contributed by atoms with Crippen molar-refractivity contribution in [2.24, 2.45) is 11.8 Å². The Bertz CT molecular complexity index is 700. The first-order valence-corrected chi connectivity index (χ1v) is 8.15. The number of nitrogens with zero attached hydrogens (tertiary/aromatic N) is 6. The smallest absolute Gasteiger partial charge is 0.240 e. The summed E-state index contributed by atoms with van der Waals surface area (Å²) in [5.74, 6) is 3.91. The van der Waals surface area contributed by atoms with Crippen LogP contribution in [-0.4, -0.2) is 51.2 Å². The number of fused-ring (bicyclic) bond motifs is 1. The minimum Gasteiger partial charge on any atom is -0.356 e. The number of anilines is 1. The molecule has 2 unspecified atom stereocenters. The SMILES string of the molecule is Cc1noc(CN2CC3CN(c4ncnc(C)c4C)CC3C2)n1. The topological polar surface area (TPSA) is 71.2 Å². The quantitative estimate of drug-likeness (QED) is 0.847. The summed E-state index contributed by atoms with van der Waals surface area (Å²) in [6, 6.07) is 0. The summed E-state index contributed by atoms with van der Waals surface area (Å²) < 4.78 is 5.24. The molecule has 2 fully saturated rings. The molecule has 0 saturated carbocycles. The lowest BCUT2D eigenvalue weighted by atomic mass is 10.0. The molecular formula is C16H22N6O. The Morgan fingerprint density at radius 1 is 1.09 bits per heavy atom. The van der Waals surface area contributed by atoms with Crippen LogP contribution < -0.4 is 4.90 Å². The third-order valence-corrected chi connectivity index (χ3v) is 5.10. The molecule has 2 atom stereocenters. The number of hydrogen-bond acceptors (Lipinski definition) is 7. The van der Waals surface area contributed by atoms with E-state index < -0.39 is 0 Å².